The summed E-state index contributed by atoms with van der Waals surface area (Å²) >= 11 is 1.74. The number of carboxylic acids is 1. The van der Waals surface area contributed by atoms with Crippen molar-refractivity contribution in [1.29, 1.82) is 0 Å². The first-order valence-corrected chi connectivity index (χ1v) is 10.7. The number of alkyl halides is 3. The van der Waals surface area contributed by atoms with E-state index in [-0.39, 0.29) is 5.56 Å². The van der Waals surface area contributed by atoms with Crippen molar-refractivity contribution in [3.8, 4) is 0 Å². The number of aliphatic carboxylic acids is 1. The average molecular weight is 459 g/mol. The molecule has 0 radical (unpaired) electrons. The molecule has 1 aromatic carbocycles. The zero-order chi connectivity index (χ0) is 22.9. The van der Waals surface area contributed by atoms with Gasteiger partial charge < -0.3 is 15.7 Å². The molecule has 170 valence electrons. The Morgan fingerprint density at radius 3 is 2.35 bits per heavy atom. The Balaban J connectivity index is 0.000000423. The van der Waals surface area contributed by atoms with Crippen molar-refractivity contribution in [2.24, 2.45) is 11.7 Å². The lowest BCUT2D eigenvalue weighted by atomic mass is 9.97. The molecular formula is C20H25F3N4O3S. The smallest absolute Gasteiger partial charge is 0.475 e. The van der Waals surface area contributed by atoms with Gasteiger partial charge in [0.1, 0.15) is 0 Å². The molecule has 7 nitrogen and oxygen atoms in total. The number of halogens is 3. The SMILES string of the molecule is NCC1CCN(c2cnn(CCSc3ccccc3)c(=O)c2)CC1.O=C(O)C(F)(F)F. The highest BCUT2D eigenvalue weighted by atomic mass is 32.2. The minimum atomic E-state index is -5.08. The second-order valence-electron chi connectivity index (χ2n) is 6.91. The molecule has 3 rings (SSSR count). The van der Waals surface area contributed by atoms with Gasteiger partial charge >= 0.3 is 12.1 Å². The van der Waals surface area contributed by atoms with Crippen LogP contribution in [0.1, 0.15) is 12.8 Å². The summed E-state index contributed by atoms with van der Waals surface area (Å²) in [5.74, 6) is -1.31. The first-order chi connectivity index (χ1) is 14.7. The summed E-state index contributed by atoms with van der Waals surface area (Å²) in [4.78, 5) is 24.6. The summed E-state index contributed by atoms with van der Waals surface area (Å²) in [6.07, 6.45) is -1.09. The maximum absolute atomic E-state index is 12.3. The number of thioether (sulfide) groups is 1. The Kier molecular flexibility index (Phi) is 9.38. The Morgan fingerprint density at radius 1 is 1.23 bits per heavy atom. The van der Waals surface area contributed by atoms with Crippen LogP contribution in [-0.4, -0.2) is 52.4 Å². The lowest BCUT2D eigenvalue weighted by molar-refractivity contribution is -0.192. The lowest BCUT2D eigenvalue weighted by Crippen LogP contribution is -2.37. The van der Waals surface area contributed by atoms with Crippen LogP contribution in [0, 0.1) is 5.92 Å². The number of piperidine rings is 1. The van der Waals surface area contributed by atoms with Gasteiger partial charge in [0.25, 0.3) is 5.56 Å². The van der Waals surface area contributed by atoms with E-state index in [2.05, 4.69) is 22.1 Å². The molecule has 0 unspecified atom stereocenters. The third-order valence-electron chi connectivity index (χ3n) is 4.73. The molecule has 31 heavy (non-hydrogen) atoms. The summed E-state index contributed by atoms with van der Waals surface area (Å²) in [5, 5.41) is 11.5. The van der Waals surface area contributed by atoms with Gasteiger partial charge in [0, 0.05) is 29.8 Å². The molecule has 1 fully saturated rings. The van der Waals surface area contributed by atoms with E-state index in [1.165, 1.54) is 4.90 Å². The molecule has 1 aromatic heterocycles. The van der Waals surface area contributed by atoms with E-state index < -0.39 is 12.1 Å². The van der Waals surface area contributed by atoms with Gasteiger partial charge in [0.05, 0.1) is 18.4 Å². The number of nitrogens with zero attached hydrogens (tertiary/aromatic N) is 3. The molecule has 0 atom stereocenters. The van der Waals surface area contributed by atoms with Crippen molar-refractivity contribution < 1.29 is 23.1 Å². The fraction of sp³-hybridized carbons (Fsp3) is 0.450. The van der Waals surface area contributed by atoms with Gasteiger partial charge in [-0.15, -0.1) is 11.8 Å². The van der Waals surface area contributed by atoms with Gasteiger partial charge in [0.15, 0.2) is 0 Å². The van der Waals surface area contributed by atoms with Crippen molar-refractivity contribution in [1.82, 2.24) is 9.78 Å². The minimum Gasteiger partial charge on any atom is -0.475 e. The average Bonchev–Trinajstić information content (AvgIpc) is 2.75. The van der Waals surface area contributed by atoms with Crippen LogP contribution in [0.5, 0.6) is 0 Å². The van der Waals surface area contributed by atoms with E-state index in [1.54, 1.807) is 22.5 Å². The molecule has 3 N–H and O–H groups in total. The zero-order valence-corrected chi connectivity index (χ0v) is 17.6. The normalized spacial score (nSPS) is 14.6. The molecule has 0 bridgehead atoms. The minimum absolute atomic E-state index is 0.0258. The van der Waals surface area contributed by atoms with E-state index in [4.69, 9.17) is 15.6 Å². The molecule has 0 spiro atoms. The standard InChI is InChI=1S/C18H24N4OS.C2HF3O2/c19-13-15-6-8-21(9-7-15)16-12-18(23)22(20-14-16)10-11-24-17-4-2-1-3-5-17;3-2(4,5)1(6)7/h1-5,12,14-15H,6-11,13,19H2;(H,6,7). The highest BCUT2D eigenvalue weighted by molar-refractivity contribution is 7.99. The Bertz CT molecular complexity index is 885. The number of hydrogen-bond acceptors (Lipinski definition) is 6. The number of rotatable bonds is 6. The summed E-state index contributed by atoms with van der Waals surface area (Å²) in [6, 6.07) is 11.9. The van der Waals surface area contributed by atoms with Crippen LogP contribution in [0.3, 0.4) is 0 Å². The summed E-state index contributed by atoms with van der Waals surface area (Å²) in [5.41, 5.74) is 6.64. The third-order valence-corrected chi connectivity index (χ3v) is 5.72. The zero-order valence-electron chi connectivity index (χ0n) is 16.8. The number of carbonyl (C=O) groups is 1. The molecule has 11 heteroatoms. The third kappa shape index (κ3) is 8.25. The monoisotopic (exact) mass is 458 g/mol. The highest BCUT2D eigenvalue weighted by Crippen LogP contribution is 2.21. The van der Waals surface area contributed by atoms with Crippen LogP contribution in [0.25, 0.3) is 0 Å². The van der Waals surface area contributed by atoms with Gasteiger partial charge in [-0.05, 0) is 37.4 Å². The molecular weight excluding hydrogens is 433 g/mol. The van der Waals surface area contributed by atoms with Gasteiger partial charge in [-0.3, -0.25) is 4.79 Å². The summed E-state index contributed by atoms with van der Waals surface area (Å²) in [6.45, 7) is 3.29. The molecule has 1 aliphatic rings. The molecule has 2 heterocycles. The predicted molar refractivity (Wildman–Crippen MR) is 113 cm³/mol. The van der Waals surface area contributed by atoms with Gasteiger partial charge in [-0.2, -0.15) is 18.3 Å². The van der Waals surface area contributed by atoms with Crippen LogP contribution in [0.4, 0.5) is 18.9 Å². The summed E-state index contributed by atoms with van der Waals surface area (Å²) < 4.78 is 33.3. The number of aromatic nitrogens is 2. The molecule has 0 amide bonds. The maximum atomic E-state index is 12.3. The van der Waals surface area contributed by atoms with Crippen molar-refractivity contribution in [2.45, 2.75) is 30.5 Å². The quantitative estimate of drug-likeness (QED) is 0.642. The van der Waals surface area contributed by atoms with Crippen LogP contribution in [0.15, 0.2) is 52.3 Å². The van der Waals surface area contributed by atoms with Crippen LogP contribution in [0.2, 0.25) is 0 Å². The molecule has 0 aliphatic carbocycles. The van der Waals surface area contributed by atoms with Crippen LogP contribution in [-0.2, 0) is 11.3 Å². The number of aryl methyl sites for hydroxylation is 1. The number of benzene rings is 1. The molecule has 1 saturated heterocycles. The van der Waals surface area contributed by atoms with Crippen molar-refractivity contribution in [2.75, 3.05) is 30.3 Å². The van der Waals surface area contributed by atoms with Crippen LogP contribution >= 0.6 is 11.8 Å². The van der Waals surface area contributed by atoms with E-state index in [0.717, 1.165) is 43.9 Å². The Labute approximate surface area is 182 Å². The molecule has 0 saturated carbocycles. The molecule has 2 aromatic rings. The van der Waals surface area contributed by atoms with Gasteiger partial charge in [0.2, 0.25) is 0 Å². The number of hydrogen-bond donors (Lipinski definition) is 2. The van der Waals surface area contributed by atoms with Gasteiger partial charge in [-0.25, -0.2) is 9.48 Å². The first-order valence-electron chi connectivity index (χ1n) is 9.71. The Hall–Kier alpha value is -2.53. The second-order valence-corrected chi connectivity index (χ2v) is 8.07. The summed E-state index contributed by atoms with van der Waals surface area (Å²) in [7, 11) is 0. The molecule has 1 aliphatic heterocycles. The maximum Gasteiger partial charge on any atom is 0.490 e. The number of carboxylic acid groups (broad SMARTS) is 1. The van der Waals surface area contributed by atoms with E-state index in [0.29, 0.717) is 12.5 Å². The first kappa shape index (κ1) is 24.7. The van der Waals surface area contributed by atoms with Crippen molar-refractivity contribution in [3.63, 3.8) is 0 Å². The highest BCUT2D eigenvalue weighted by Gasteiger charge is 2.38. The van der Waals surface area contributed by atoms with Crippen molar-refractivity contribution in [3.05, 3.63) is 52.9 Å². The largest absolute Gasteiger partial charge is 0.490 e. The second kappa shape index (κ2) is 11.8. The Morgan fingerprint density at radius 2 is 1.84 bits per heavy atom. The fourth-order valence-electron chi connectivity index (χ4n) is 2.96. The van der Waals surface area contributed by atoms with E-state index >= 15 is 0 Å². The van der Waals surface area contributed by atoms with E-state index in [1.807, 2.05) is 24.4 Å². The van der Waals surface area contributed by atoms with Gasteiger partial charge in [-0.1, -0.05) is 18.2 Å². The number of anilines is 1. The predicted octanol–water partition coefficient (Wildman–Crippen LogP) is 2.84. The fourth-order valence-corrected chi connectivity index (χ4v) is 3.81. The van der Waals surface area contributed by atoms with Crippen molar-refractivity contribution >= 4 is 23.4 Å². The van der Waals surface area contributed by atoms with E-state index in [9.17, 15) is 18.0 Å². The lowest BCUT2D eigenvalue weighted by Gasteiger charge is -2.32. The topological polar surface area (TPSA) is 101 Å². The van der Waals surface area contributed by atoms with Crippen LogP contribution < -0.4 is 16.2 Å². The number of nitrogens with two attached hydrogens (primary N) is 1.